The number of unbranched alkanes of at least 4 members (excludes halogenated alkanes) is 1. The number of cyclic esters (lactones) is 1. The second-order valence-electron chi connectivity index (χ2n) is 10.7. The van der Waals surface area contributed by atoms with Crippen molar-refractivity contribution in [1.29, 1.82) is 0 Å². The van der Waals surface area contributed by atoms with Crippen LogP contribution in [0.5, 0.6) is 5.75 Å². The number of fused-ring (bicyclic) bond motifs is 2. The molecule has 0 aromatic heterocycles. The fourth-order valence-corrected chi connectivity index (χ4v) is 6.67. The summed E-state index contributed by atoms with van der Waals surface area (Å²) in [5.41, 5.74) is -1.72. The van der Waals surface area contributed by atoms with Gasteiger partial charge in [-0.15, -0.1) is 0 Å². The molecule has 0 radical (unpaired) electrons. The smallest absolute Gasteiger partial charge is 0.313 e. The van der Waals surface area contributed by atoms with Crippen LogP contribution >= 0.6 is 0 Å². The number of nitrogens with zero attached hydrogens (tertiary/aromatic N) is 2. The highest BCUT2D eigenvalue weighted by atomic mass is 16.6. The molecule has 1 aromatic carbocycles. The van der Waals surface area contributed by atoms with E-state index in [1.54, 1.807) is 29.0 Å². The topological polar surface area (TPSA) is 106 Å². The van der Waals surface area contributed by atoms with Crippen molar-refractivity contribution in [3.05, 3.63) is 48.6 Å². The van der Waals surface area contributed by atoms with Crippen molar-refractivity contribution in [2.75, 3.05) is 38.3 Å². The Labute approximate surface area is 229 Å². The van der Waals surface area contributed by atoms with Gasteiger partial charge in [-0.3, -0.25) is 14.4 Å². The van der Waals surface area contributed by atoms with Gasteiger partial charge in [0.2, 0.25) is 5.91 Å². The number of hydrogen-bond acceptors (Lipinski definition) is 7. The Bertz CT molecular complexity index is 1150. The van der Waals surface area contributed by atoms with Gasteiger partial charge in [0.05, 0.1) is 19.6 Å². The molecule has 0 bridgehead atoms. The molecule has 4 aliphatic rings. The van der Waals surface area contributed by atoms with Gasteiger partial charge in [0.25, 0.3) is 5.91 Å². The van der Waals surface area contributed by atoms with E-state index in [9.17, 15) is 19.5 Å². The molecule has 210 valence electrons. The van der Waals surface area contributed by atoms with E-state index in [-0.39, 0.29) is 25.0 Å². The monoisotopic (exact) mass is 538 g/mol. The van der Waals surface area contributed by atoms with Gasteiger partial charge >= 0.3 is 5.97 Å². The maximum absolute atomic E-state index is 14.4. The number of carbonyl (C=O) groups excluding carboxylic acids is 3. The number of allylic oxidation sites excluding steroid dienone is 1. The van der Waals surface area contributed by atoms with Crippen molar-refractivity contribution in [3.63, 3.8) is 0 Å². The molecule has 1 aromatic rings. The largest absolute Gasteiger partial charge is 0.497 e. The molecule has 9 nitrogen and oxygen atoms in total. The molecule has 39 heavy (non-hydrogen) atoms. The number of ether oxygens (including phenoxy) is 3. The molecule has 4 heterocycles. The van der Waals surface area contributed by atoms with Crippen molar-refractivity contribution in [2.45, 2.75) is 62.7 Å². The maximum Gasteiger partial charge on any atom is 0.313 e. The van der Waals surface area contributed by atoms with E-state index in [0.29, 0.717) is 43.9 Å². The standard InChI is InChI=1S/C30H38N2O7/c1-3-29-15-6-4-5-9-20-38-28(36)24(29)23-26(34)32(17-7-8-19-33)25-27(35)31(18-10-16-30(23,25)39-29)21-11-13-22(37-2)14-12-21/h6,10-16,23-25,33H,3-5,7-9,17-20H2,1-2H3/b15-6-/t23-,24+,25?,29-,30-/m0/s1. The van der Waals surface area contributed by atoms with E-state index >= 15 is 0 Å². The van der Waals surface area contributed by atoms with E-state index in [2.05, 4.69) is 0 Å². The molecule has 5 atom stereocenters. The fourth-order valence-electron chi connectivity index (χ4n) is 6.67. The molecule has 2 saturated heterocycles. The number of aliphatic hydroxyl groups excluding tert-OH is 1. The van der Waals surface area contributed by atoms with Gasteiger partial charge in [-0.25, -0.2) is 0 Å². The first kappa shape index (κ1) is 27.4. The molecular formula is C30H38N2O7. The molecular weight excluding hydrogens is 500 g/mol. The number of hydrogen-bond donors (Lipinski definition) is 1. The number of benzene rings is 1. The molecule has 0 aliphatic carbocycles. The van der Waals surface area contributed by atoms with E-state index < -0.39 is 35.0 Å². The summed E-state index contributed by atoms with van der Waals surface area (Å²) < 4.78 is 17.9. The molecule has 0 saturated carbocycles. The Morgan fingerprint density at radius 3 is 2.54 bits per heavy atom. The summed E-state index contributed by atoms with van der Waals surface area (Å²) in [6.07, 6.45) is 11.6. The highest BCUT2D eigenvalue weighted by Gasteiger charge is 2.75. The van der Waals surface area contributed by atoms with Gasteiger partial charge in [-0.1, -0.05) is 31.2 Å². The second kappa shape index (κ2) is 11.1. The van der Waals surface area contributed by atoms with Gasteiger partial charge < -0.3 is 29.1 Å². The lowest BCUT2D eigenvalue weighted by Gasteiger charge is -2.38. The van der Waals surface area contributed by atoms with Crippen LogP contribution in [0.3, 0.4) is 0 Å². The first-order valence-corrected chi connectivity index (χ1v) is 14.0. The van der Waals surface area contributed by atoms with Gasteiger partial charge in [0, 0.05) is 25.4 Å². The van der Waals surface area contributed by atoms with Gasteiger partial charge in [-0.2, -0.15) is 0 Å². The van der Waals surface area contributed by atoms with Crippen molar-refractivity contribution >= 4 is 23.5 Å². The number of amides is 2. The Balaban J connectivity index is 1.62. The predicted molar refractivity (Wildman–Crippen MR) is 144 cm³/mol. The summed E-state index contributed by atoms with van der Waals surface area (Å²) in [6, 6.07) is 6.26. The third-order valence-electron chi connectivity index (χ3n) is 8.57. The first-order chi connectivity index (χ1) is 18.9. The number of esters is 1. The van der Waals surface area contributed by atoms with Crippen molar-refractivity contribution in [1.82, 2.24) is 4.90 Å². The van der Waals surface area contributed by atoms with Gasteiger partial charge in [0.1, 0.15) is 28.9 Å². The average molecular weight is 539 g/mol. The number of carbonyl (C=O) groups is 3. The van der Waals surface area contributed by atoms with E-state index in [1.165, 1.54) is 0 Å². The Hall–Kier alpha value is -3.17. The number of likely N-dealkylation sites (tertiary alicyclic amines) is 1. The third-order valence-corrected chi connectivity index (χ3v) is 8.57. The van der Waals surface area contributed by atoms with Gasteiger partial charge in [0.15, 0.2) is 0 Å². The van der Waals surface area contributed by atoms with Crippen LogP contribution in [0.15, 0.2) is 48.6 Å². The fraction of sp³-hybridized carbons (Fsp3) is 0.567. The van der Waals surface area contributed by atoms with Crippen molar-refractivity contribution in [2.24, 2.45) is 11.8 Å². The SMILES string of the molecule is CC[C@]12/C=C\CCCCOC(=O)[C@H]1[C@H]1C(=O)N(CCCCO)C3C(=O)N(c4ccc(OC)cc4)CC=C[C@@]31O2. The summed E-state index contributed by atoms with van der Waals surface area (Å²) in [7, 11) is 1.58. The lowest BCUT2D eigenvalue weighted by molar-refractivity contribution is -0.160. The maximum atomic E-state index is 14.4. The van der Waals surface area contributed by atoms with Crippen LogP contribution in [0.4, 0.5) is 5.69 Å². The van der Waals surface area contributed by atoms with Crippen LogP contribution in [-0.2, 0) is 23.9 Å². The summed E-state index contributed by atoms with van der Waals surface area (Å²) >= 11 is 0. The Kier molecular flexibility index (Phi) is 7.82. The zero-order valence-corrected chi connectivity index (χ0v) is 22.7. The molecule has 4 aliphatic heterocycles. The summed E-state index contributed by atoms with van der Waals surface area (Å²) in [5, 5.41) is 9.40. The van der Waals surface area contributed by atoms with Gasteiger partial charge in [-0.05, 0) is 62.8 Å². The minimum absolute atomic E-state index is 0.0116. The predicted octanol–water partition coefficient (Wildman–Crippen LogP) is 3.01. The quantitative estimate of drug-likeness (QED) is 0.323. The van der Waals surface area contributed by atoms with Crippen LogP contribution in [0.25, 0.3) is 0 Å². The van der Waals surface area contributed by atoms with E-state index in [4.69, 9.17) is 14.2 Å². The summed E-state index contributed by atoms with van der Waals surface area (Å²) in [6.45, 7) is 2.79. The highest BCUT2D eigenvalue weighted by molar-refractivity contribution is 6.05. The molecule has 1 spiro atoms. The minimum atomic E-state index is -1.33. The Morgan fingerprint density at radius 2 is 1.82 bits per heavy atom. The van der Waals surface area contributed by atoms with E-state index in [1.807, 2.05) is 43.4 Å². The van der Waals surface area contributed by atoms with Crippen LogP contribution in [-0.4, -0.2) is 78.4 Å². The number of rotatable bonds is 7. The number of aliphatic hydroxyl groups is 1. The van der Waals surface area contributed by atoms with Crippen LogP contribution < -0.4 is 9.64 Å². The van der Waals surface area contributed by atoms with Crippen LogP contribution in [0, 0.1) is 11.8 Å². The lowest BCUT2D eigenvalue weighted by Crippen LogP contribution is -2.56. The van der Waals surface area contributed by atoms with E-state index in [0.717, 1.165) is 19.3 Å². The molecule has 5 rings (SSSR count). The number of methoxy groups -OCH3 is 1. The minimum Gasteiger partial charge on any atom is -0.497 e. The molecule has 2 fully saturated rings. The third kappa shape index (κ3) is 4.55. The first-order valence-electron chi connectivity index (χ1n) is 14.0. The molecule has 9 heteroatoms. The normalized spacial score (nSPS) is 33.2. The van der Waals surface area contributed by atoms with Crippen LogP contribution in [0.2, 0.25) is 0 Å². The molecule has 2 amide bonds. The second-order valence-corrected chi connectivity index (χ2v) is 10.7. The number of anilines is 1. The summed E-state index contributed by atoms with van der Waals surface area (Å²) in [5.74, 6) is -2.10. The zero-order chi connectivity index (χ0) is 27.6. The lowest BCUT2D eigenvalue weighted by atomic mass is 9.73. The van der Waals surface area contributed by atoms with Crippen LogP contribution in [0.1, 0.15) is 45.4 Å². The Morgan fingerprint density at radius 1 is 1.03 bits per heavy atom. The van der Waals surface area contributed by atoms with Crippen molar-refractivity contribution < 1.29 is 33.7 Å². The highest BCUT2D eigenvalue weighted by Crippen LogP contribution is 2.58. The zero-order valence-electron chi connectivity index (χ0n) is 22.7. The van der Waals surface area contributed by atoms with Crippen molar-refractivity contribution in [3.8, 4) is 5.75 Å². The molecule has 1 unspecified atom stereocenters. The molecule has 1 N–H and O–H groups in total. The summed E-state index contributed by atoms with van der Waals surface area (Å²) in [4.78, 5) is 45.6. The average Bonchev–Trinajstić information content (AvgIpc) is 3.30.